The highest BCUT2D eigenvalue weighted by atomic mass is 32.2. The molecular formula is C18H15NO5S. The maximum atomic E-state index is 12.2. The minimum atomic E-state index is -0.542. The Morgan fingerprint density at radius 2 is 1.88 bits per heavy atom. The van der Waals surface area contributed by atoms with Crippen molar-refractivity contribution in [2.24, 2.45) is 0 Å². The highest BCUT2D eigenvalue weighted by molar-refractivity contribution is 8.15. The zero-order valence-corrected chi connectivity index (χ0v) is 14.2. The van der Waals surface area contributed by atoms with Gasteiger partial charge in [0, 0.05) is 5.56 Å². The molecule has 1 fully saturated rings. The number of imide groups is 1. The number of amides is 2. The molecule has 1 unspecified atom stereocenters. The third kappa shape index (κ3) is 4.00. The zero-order valence-electron chi connectivity index (χ0n) is 13.4. The van der Waals surface area contributed by atoms with Crippen LogP contribution in [0.3, 0.4) is 0 Å². The molecule has 0 spiro atoms. The maximum Gasteiger partial charge on any atom is 0.286 e. The first kappa shape index (κ1) is 17.0. The highest BCUT2D eigenvalue weighted by Gasteiger charge is 2.32. The summed E-state index contributed by atoms with van der Waals surface area (Å²) in [5.74, 6) is 0.628. The molecule has 2 aromatic carbocycles. The van der Waals surface area contributed by atoms with E-state index in [2.05, 4.69) is 5.32 Å². The predicted molar refractivity (Wildman–Crippen MR) is 93.1 cm³/mol. The topological polar surface area (TPSA) is 81.7 Å². The van der Waals surface area contributed by atoms with Crippen LogP contribution in [0.4, 0.5) is 4.79 Å². The van der Waals surface area contributed by atoms with Gasteiger partial charge in [0.25, 0.3) is 5.24 Å². The molecule has 128 valence electrons. The molecular weight excluding hydrogens is 342 g/mol. The van der Waals surface area contributed by atoms with Crippen molar-refractivity contribution < 1.29 is 23.9 Å². The van der Waals surface area contributed by atoms with E-state index < -0.39 is 5.25 Å². The molecule has 0 radical (unpaired) electrons. The summed E-state index contributed by atoms with van der Waals surface area (Å²) in [7, 11) is 1.54. The van der Waals surface area contributed by atoms with Gasteiger partial charge in [0.2, 0.25) is 5.91 Å². The number of hydrogen-bond acceptors (Lipinski definition) is 6. The van der Waals surface area contributed by atoms with Crippen LogP contribution in [-0.2, 0) is 4.79 Å². The molecule has 25 heavy (non-hydrogen) atoms. The molecule has 1 N–H and O–H groups in total. The first-order valence-corrected chi connectivity index (χ1v) is 8.36. The van der Waals surface area contributed by atoms with Crippen LogP contribution in [0.25, 0.3) is 0 Å². The Balaban J connectivity index is 1.61. The number of ketones is 1. The highest BCUT2D eigenvalue weighted by Crippen LogP contribution is 2.34. The molecule has 1 atom stereocenters. The number of benzene rings is 2. The quantitative estimate of drug-likeness (QED) is 0.801. The van der Waals surface area contributed by atoms with Gasteiger partial charge in [-0.3, -0.25) is 19.7 Å². The van der Waals surface area contributed by atoms with Crippen LogP contribution < -0.4 is 14.8 Å². The Morgan fingerprint density at radius 1 is 1.12 bits per heavy atom. The van der Waals surface area contributed by atoms with E-state index in [1.54, 1.807) is 48.5 Å². The fourth-order valence-corrected chi connectivity index (χ4v) is 3.18. The first-order valence-electron chi connectivity index (χ1n) is 7.48. The molecule has 1 aliphatic rings. The first-order chi connectivity index (χ1) is 12.1. The normalized spacial score (nSPS) is 16.4. The average molecular weight is 357 g/mol. The third-order valence-corrected chi connectivity index (χ3v) is 4.67. The van der Waals surface area contributed by atoms with Crippen molar-refractivity contribution >= 4 is 28.7 Å². The van der Waals surface area contributed by atoms with Crippen LogP contribution in [-0.4, -0.2) is 30.6 Å². The number of rotatable bonds is 6. The molecule has 0 bridgehead atoms. The molecule has 2 amide bonds. The Hall–Kier alpha value is -2.80. The Kier molecular flexibility index (Phi) is 5.04. The largest absolute Gasteiger partial charge is 0.497 e. The number of hydrogen-bond donors (Lipinski definition) is 1. The second kappa shape index (κ2) is 7.40. The number of methoxy groups -OCH3 is 1. The molecule has 2 aromatic rings. The number of ether oxygens (including phenoxy) is 2. The second-order valence-electron chi connectivity index (χ2n) is 5.29. The monoisotopic (exact) mass is 357 g/mol. The van der Waals surface area contributed by atoms with Crippen LogP contribution in [0.5, 0.6) is 11.5 Å². The van der Waals surface area contributed by atoms with Crippen molar-refractivity contribution in [1.82, 2.24) is 5.32 Å². The predicted octanol–water partition coefficient (Wildman–Crippen LogP) is 2.98. The van der Waals surface area contributed by atoms with Gasteiger partial charge in [0.05, 0.1) is 7.11 Å². The summed E-state index contributed by atoms with van der Waals surface area (Å²) in [6.07, 6.45) is 0. The number of carbonyl (C=O) groups excluding carboxylic acids is 3. The summed E-state index contributed by atoms with van der Waals surface area (Å²) in [4.78, 5) is 35.0. The summed E-state index contributed by atoms with van der Waals surface area (Å²) < 4.78 is 10.6. The minimum absolute atomic E-state index is 0.107. The summed E-state index contributed by atoms with van der Waals surface area (Å²) >= 11 is 0.945. The van der Waals surface area contributed by atoms with E-state index in [1.807, 2.05) is 0 Å². The van der Waals surface area contributed by atoms with Gasteiger partial charge in [-0.05, 0) is 41.6 Å². The van der Waals surface area contributed by atoms with E-state index in [4.69, 9.17) is 9.47 Å². The van der Waals surface area contributed by atoms with Crippen molar-refractivity contribution in [2.45, 2.75) is 5.25 Å². The van der Waals surface area contributed by atoms with E-state index in [0.29, 0.717) is 22.6 Å². The van der Waals surface area contributed by atoms with Crippen molar-refractivity contribution in [1.29, 1.82) is 0 Å². The Morgan fingerprint density at radius 3 is 2.52 bits per heavy atom. The van der Waals surface area contributed by atoms with E-state index in [-0.39, 0.29) is 23.5 Å². The van der Waals surface area contributed by atoms with Gasteiger partial charge in [0.1, 0.15) is 16.7 Å². The van der Waals surface area contributed by atoms with E-state index >= 15 is 0 Å². The lowest BCUT2D eigenvalue weighted by Gasteiger charge is -2.09. The maximum absolute atomic E-state index is 12.2. The lowest BCUT2D eigenvalue weighted by molar-refractivity contribution is -0.119. The molecule has 6 nitrogen and oxygen atoms in total. The summed E-state index contributed by atoms with van der Waals surface area (Å²) in [6.45, 7) is -0.107. The number of thioether (sulfide) groups is 1. The van der Waals surface area contributed by atoms with Gasteiger partial charge in [-0.1, -0.05) is 24.3 Å². The summed E-state index contributed by atoms with van der Waals surface area (Å²) in [5, 5.41) is 1.36. The van der Waals surface area contributed by atoms with Gasteiger partial charge >= 0.3 is 0 Å². The lowest BCUT2D eigenvalue weighted by atomic mass is 10.1. The molecule has 1 heterocycles. The van der Waals surface area contributed by atoms with Crippen molar-refractivity contribution in [2.75, 3.05) is 13.7 Å². The van der Waals surface area contributed by atoms with E-state index in [1.165, 1.54) is 7.11 Å². The molecule has 1 saturated heterocycles. The Bertz CT molecular complexity index is 818. The second-order valence-corrected chi connectivity index (χ2v) is 6.37. The summed E-state index contributed by atoms with van der Waals surface area (Å²) in [5.41, 5.74) is 1.22. The van der Waals surface area contributed by atoms with Crippen LogP contribution in [0.15, 0.2) is 48.5 Å². The third-order valence-electron chi connectivity index (χ3n) is 3.63. The van der Waals surface area contributed by atoms with Crippen molar-refractivity contribution in [3.8, 4) is 11.5 Å². The smallest absolute Gasteiger partial charge is 0.286 e. The van der Waals surface area contributed by atoms with Crippen LogP contribution in [0.1, 0.15) is 21.2 Å². The fraction of sp³-hybridized carbons (Fsp3) is 0.167. The SMILES string of the molecule is COc1cccc(C(=O)COc2ccc(C3SC(=O)NC3=O)cc2)c1. The average Bonchev–Trinajstić information content (AvgIpc) is 2.98. The number of carbonyl (C=O) groups is 3. The number of Topliss-reactive ketones (excluding diaryl/α,β-unsaturated/α-hetero) is 1. The Labute approximate surface area is 148 Å². The van der Waals surface area contributed by atoms with E-state index in [9.17, 15) is 14.4 Å². The standard InChI is InChI=1S/C18H15NO5S/c1-23-14-4-2-3-12(9-14)15(20)10-24-13-7-5-11(6-8-13)16-17(21)19-18(22)25-16/h2-9,16H,10H2,1H3,(H,19,21,22). The molecule has 0 aliphatic carbocycles. The van der Waals surface area contributed by atoms with Gasteiger partial charge < -0.3 is 9.47 Å². The number of nitrogens with one attached hydrogen (secondary N) is 1. The summed E-state index contributed by atoms with van der Waals surface area (Å²) in [6, 6.07) is 13.6. The molecule has 0 saturated carbocycles. The molecule has 7 heteroatoms. The van der Waals surface area contributed by atoms with Gasteiger partial charge in [0.15, 0.2) is 12.4 Å². The van der Waals surface area contributed by atoms with Gasteiger partial charge in [-0.2, -0.15) is 0 Å². The molecule has 1 aliphatic heterocycles. The van der Waals surface area contributed by atoms with Crippen LogP contribution in [0.2, 0.25) is 0 Å². The van der Waals surface area contributed by atoms with Crippen molar-refractivity contribution in [3.05, 3.63) is 59.7 Å². The molecule has 0 aromatic heterocycles. The van der Waals surface area contributed by atoms with E-state index in [0.717, 1.165) is 11.8 Å². The zero-order chi connectivity index (χ0) is 17.8. The van der Waals surface area contributed by atoms with Crippen LogP contribution >= 0.6 is 11.8 Å². The van der Waals surface area contributed by atoms with Crippen LogP contribution in [0, 0.1) is 0 Å². The minimum Gasteiger partial charge on any atom is -0.497 e. The molecule has 3 rings (SSSR count). The van der Waals surface area contributed by atoms with Crippen molar-refractivity contribution in [3.63, 3.8) is 0 Å². The lowest BCUT2D eigenvalue weighted by Crippen LogP contribution is -2.20. The van der Waals surface area contributed by atoms with Gasteiger partial charge in [-0.25, -0.2) is 0 Å². The van der Waals surface area contributed by atoms with Gasteiger partial charge in [-0.15, -0.1) is 0 Å². The fourth-order valence-electron chi connectivity index (χ4n) is 2.34.